The van der Waals surface area contributed by atoms with E-state index < -0.39 is 0 Å². The molecule has 0 N–H and O–H groups in total. The average Bonchev–Trinajstić information content (AvgIpc) is 2.30. The van der Waals surface area contributed by atoms with Gasteiger partial charge in [-0.15, -0.1) is 12.4 Å². The Bertz CT molecular complexity index is 370. The van der Waals surface area contributed by atoms with Gasteiger partial charge < -0.3 is 4.90 Å². The fraction of sp³-hybridized carbons (Fsp3) is 0.231. The van der Waals surface area contributed by atoms with Crippen molar-refractivity contribution < 1.29 is 4.39 Å². The molecule has 1 heterocycles. The summed E-state index contributed by atoms with van der Waals surface area (Å²) in [5.74, 6) is -0.187. The van der Waals surface area contributed by atoms with Crippen LogP contribution in [0.2, 0.25) is 0 Å². The molecule has 1 aliphatic heterocycles. The van der Waals surface area contributed by atoms with Crippen LogP contribution in [0.15, 0.2) is 42.6 Å². The Labute approximate surface area is 102 Å². The van der Waals surface area contributed by atoms with Crippen LogP contribution in [0.5, 0.6) is 0 Å². The van der Waals surface area contributed by atoms with Crippen LogP contribution < -0.4 is 0 Å². The molecule has 0 fully saturated rings. The summed E-state index contributed by atoms with van der Waals surface area (Å²) in [4.78, 5) is 2.24. The Morgan fingerprint density at radius 3 is 2.50 bits per heavy atom. The zero-order valence-corrected chi connectivity index (χ0v) is 9.79. The first-order chi connectivity index (χ1) is 7.34. The van der Waals surface area contributed by atoms with Crippen LogP contribution in [0.25, 0.3) is 6.08 Å². The van der Waals surface area contributed by atoms with Crippen LogP contribution in [0, 0.1) is 5.82 Å². The normalized spacial score (nSPS) is 15.2. The number of hydrogen-bond donors (Lipinski definition) is 0. The quantitative estimate of drug-likeness (QED) is 0.715. The van der Waals surface area contributed by atoms with Crippen LogP contribution in [-0.2, 0) is 0 Å². The first-order valence-electron chi connectivity index (χ1n) is 5.17. The monoisotopic (exact) mass is 239 g/mol. The van der Waals surface area contributed by atoms with E-state index in [9.17, 15) is 4.39 Å². The second-order valence-corrected chi connectivity index (χ2v) is 3.62. The molecule has 0 unspecified atom stereocenters. The van der Waals surface area contributed by atoms with Crippen molar-refractivity contribution in [1.29, 1.82) is 0 Å². The first-order valence-corrected chi connectivity index (χ1v) is 5.17. The van der Waals surface area contributed by atoms with Gasteiger partial charge in [-0.05, 0) is 36.4 Å². The molecule has 0 aliphatic carbocycles. The molecular formula is C13H15ClFN. The Morgan fingerprint density at radius 1 is 1.12 bits per heavy atom. The lowest BCUT2D eigenvalue weighted by Gasteiger charge is -2.20. The van der Waals surface area contributed by atoms with E-state index >= 15 is 0 Å². The van der Waals surface area contributed by atoms with Gasteiger partial charge in [0.25, 0.3) is 0 Å². The van der Waals surface area contributed by atoms with Crippen molar-refractivity contribution in [1.82, 2.24) is 4.90 Å². The SMILES string of the molecule is Cl.Fc1ccc(C=CN2CC=CCC2)cc1. The van der Waals surface area contributed by atoms with Crippen LogP contribution in [0.4, 0.5) is 4.39 Å². The molecule has 2 rings (SSSR count). The second-order valence-electron chi connectivity index (χ2n) is 3.62. The fourth-order valence-corrected chi connectivity index (χ4v) is 1.56. The predicted octanol–water partition coefficient (Wildman–Crippen LogP) is 3.48. The summed E-state index contributed by atoms with van der Waals surface area (Å²) in [6.07, 6.45) is 9.55. The van der Waals surface area contributed by atoms with E-state index in [2.05, 4.69) is 23.3 Å². The van der Waals surface area contributed by atoms with Gasteiger partial charge in [0.1, 0.15) is 5.82 Å². The summed E-state index contributed by atoms with van der Waals surface area (Å²) < 4.78 is 12.6. The van der Waals surface area contributed by atoms with Crippen molar-refractivity contribution >= 4 is 18.5 Å². The highest BCUT2D eigenvalue weighted by Crippen LogP contribution is 2.07. The smallest absolute Gasteiger partial charge is 0.123 e. The predicted molar refractivity (Wildman–Crippen MR) is 68.0 cm³/mol. The number of nitrogens with zero attached hydrogens (tertiary/aromatic N) is 1. The molecule has 86 valence electrons. The van der Waals surface area contributed by atoms with Gasteiger partial charge >= 0.3 is 0 Å². The molecule has 0 spiro atoms. The minimum absolute atomic E-state index is 0. The minimum Gasteiger partial charge on any atom is -0.373 e. The van der Waals surface area contributed by atoms with Gasteiger partial charge in [0, 0.05) is 13.1 Å². The largest absolute Gasteiger partial charge is 0.373 e. The Morgan fingerprint density at radius 2 is 1.88 bits per heavy atom. The summed E-state index contributed by atoms with van der Waals surface area (Å²) >= 11 is 0. The molecule has 3 heteroatoms. The molecule has 0 radical (unpaired) electrons. The number of benzene rings is 1. The van der Waals surface area contributed by atoms with E-state index in [1.165, 1.54) is 12.1 Å². The molecule has 0 saturated carbocycles. The lowest BCUT2D eigenvalue weighted by Crippen LogP contribution is -2.20. The van der Waals surface area contributed by atoms with Crippen molar-refractivity contribution in [3.05, 3.63) is 54.0 Å². The summed E-state index contributed by atoms with van der Waals surface area (Å²) in [6, 6.07) is 6.53. The third kappa shape index (κ3) is 3.70. The van der Waals surface area contributed by atoms with Crippen molar-refractivity contribution in [2.24, 2.45) is 0 Å². The van der Waals surface area contributed by atoms with E-state index in [4.69, 9.17) is 0 Å². The fourth-order valence-electron chi connectivity index (χ4n) is 1.56. The zero-order chi connectivity index (χ0) is 10.5. The third-order valence-corrected chi connectivity index (χ3v) is 2.44. The lowest BCUT2D eigenvalue weighted by atomic mass is 10.2. The van der Waals surface area contributed by atoms with Crippen LogP contribution in [-0.4, -0.2) is 18.0 Å². The molecule has 16 heavy (non-hydrogen) atoms. The minimum atomic E-state index is -0.187. The maximum Gasteiger partial charge on any atom is 0.123 e. The van der Waals surface area contributed by atoms with Gasteiger partial charge in [-0.2, -0.15) is 0 Å². The van der Waals surface area contributed by atoms with Gasteiger partial charge in [-0.3, -0.25) is 0 Å². The van der Waals surface area contributed by atoms with E-state index in [0.717, 1.165) is 25.1 Å². The Hall–Kier alpha value is -1.28. The maximum absolute atomic E-state index is 12.6. The molecule has 1 aliphatic rings. The van der Waals surface area contributed by atoms with Crippen molar-refractivity contribution in [2.45, 2.75) is 6.42 Å². The van der Waals surface area contributed by atoms with E-state index in [0.29, 0.717) is 0 Å². The molecule has 0 amide bonds. The van der Waals surface area contributed by atoms with E-state index in [1.807, 2.05) is 6.08 Å². The molecule has 0 saturated heterocycles. The Kier molecular flexibility index (Phi) is 5.06. The standard InChI is InChI=1S/C13H14FN.ClH/c14-13-6-4-12(5-7-13)8-11-15-9-2-1-3-10-15;/h1-2,4-8,11H,3,9-10H2;1H. The van der Waals surface area contributed by atoms with Crippen molar-refractivity contribution in [2.75, 3.05) is 13.1 Å². The number of halogens is 2. The third-order valence-electron chi connectivity index (χ3n) is 2.44. The molecule has 0 bridgehead atoms. The highest BCUT2D eigenvalue weighted by molar-refractivity contribution is 5.85. The van der Waals surface area contributed by atoms with Gasteiger partial charge in [0.15, 0.2) is 0 Å². The van der Waals surface area contributed by atoms with Crippen molar-refractivity contribution in [3.63, 3.8) is 0 Å². The molecule has 0 atom stereocenters. The first kappa shape index (κ1) is 12.8. The van der Waals surface area contributed by atoms with E-state index in [1.54, 1.807) is 12.1 Å². The van der Waals surface area contributed by atoms with Crippen LogP contribution >= 0.6 is 12.4 Å². The second kappa shape index (κ2) is 6.33. The number of rotatable bonds is 2. The van der Waals surface area contributed by atoms with E-state index in [-0.39, 0.29) is 18.2 Å². The maximum atomic E-state index is 12.6. The summed E-state index contributed by atoms with van der Waals surface area (Å²) in [5, 5.41) is 0. The summed E-state index contributed by atoms with van der Waals surface area (Å²) in [6.45, 7) is 2.03. The molecule has 1 aromatic rings. The summed E-state index contributed by atoms with van der Waals surface area (Å²) in [7, 11) is 0. The highest BCUT2D eigenvalue weighted by atomic mass is 35.5. The Balaban J connectivity index is 0.00000128. The molecule has 1 aromatic carbocycles. The summed E-state index contributed by atoms with van der Waals surface area (Å²) in [5.41, 5.74) is 1.03. The topological polar surface area (TPSA) is 3.24 Å². The highest BCUT2D eigenvalue weighted by Gasteiger charge is 1.99. The van der Waals surface area contributed by atoms with Crippen LogP contribution in [0.1, 0.15) is 12.0 Å². The lowest BCUT2D eigenvalue weighted by molar-refractivity contribution is 0.412. The van der Waals surface area contributed by atoms with Gasteiger partial charge in [-0.1, -0.05) is 24.3 Å². The van der Waals surface area contributed by atoms with Gasteiger partial charge in [0.05, 0.1) is 0 Å². The van der Waals surface area contributed by atoms with Crippen molar-refractivity contribution in [3.8, 4) is 0 Å². The zero-order valence-electron chi connectivity index (χ0n) is 8.97. The molecule has 0 aromatic heterocycles. The van der Waals surface area contributed by atoms with Crippen LogP contribution in [0.3, 0.4) is 0 Å². The molecule has 1 nitrogen and oxygen atoms in total. The molecular weight excluding hydrogens is 225 g/mol. The average molecular weight is 240 g/mol. The van der Waals surface area contributed by atoms with Gasteiger partial charge in [0.2, 0.25) is 0 Å². The number of hydrogen-bond acceptors (Lipinski definition) is 1. The van der Waals surface area contributed by atoms with Gasteiger partial charge in [-0.25, -0.2) is 4.39 Å².